The Hall–Kier alpha value is -1.95. The third-order valence-corrected chi connectivity index (χ3v) is 5.83. The third kappa shape index (κ3) is 3.11. The van der Waals surface area contributed by atoms with Crippen molar-refractivity contribution in [3.05, 3.63) is 63.1 Å². The largest absolute Gasteiger partial charge is 0.481 e. The lowest BCUT2D eigenvalue weighted by Gasteiger charge is -2.07. The van der Waals surface area contributed by atoms with E-state index in [1.54, 1.807) is 23.5 Å². The maximum Gasteiger partial charge on any atom is 0.307 e. The zero-order valence-electron chi connectivity index (χ0n) is 13.5. The number of rotatable bonds is 4. The zero-order chi connectivity index (χ0) is 18.4. The van der Waals surface area contributed by atoms with E-state index >= 15 is 0 Å². The summed E-state index contributed by atoms with van der Waals surface area (Å²) in [6.45, 7) is 0.570. The van der Waals surface area contributed by atoms with Gasteiger partial charge in [-0.05, 0) is 34.7 Å². The number of carboxylic acid groups (broad SMARTS) is 1. The molecule has 0 aliphatic heterocycles. The summed E-state index contributed by atoms with van der Waals surface area (Å²) < 4.78 is 3.05. The van der Waals surface area contributed by atoms with Crippen LogP contribution in [0.15, 0.2) is 41.9 Å². The van der Waals surface area contributed by atoms with E-state index in [4.69, 9.17) is 31.0 Å². The fraction of sp³-hybridized carbons (Fsp3) is 0.105. The molecule has 2 aromatic carbocycles. The Kier molecular flexibility index (Phi) is 4.47. The molecule has 2 heterocycles. The van der Waals surface area contributed by atoms with Gasteiger partial charge < -0.3 is 9.67 Å². The highest BCUT2D eigenvalue weighted by atomic mass is 35.5. The monoisotopic (exact) mass is 399 g/mol. The van der Waals surface area contributed by atoms with E-state index in [1.165, 1.54) is 0 Å². The van der Waals surface area contributed by atoms with Gasteiger partial charge in [-0.1, -0.05) is 40.8 Å². The summed E-state index contributed by atoms with van der Waals surface area (Å²) in [6.07, 6.45) is 1.85. The predicted molar refractivity (Wildman–Crippen MR) is 110 cm³/mol. The highest BCUT2D eigenvalue weighted by Gasteiger charge is 2.15. The minimum atomic E-state index is -0.862. The molecule has 0 spiro atoms. The Morgan fingerprint density at radius 3 is 2.77 bits per heavy atom. The molecule has 26 heavy (non-hydrogen) atoms. The van der Waals surface area contributed by atoms with Crippen LogP contribution in [0.2, 0.25) is 10.0 Å². The predicted octanol–water partition coefficient (Wildman–Crippen LogP) is 4.63. The van der Waals surface area contributed by atoms with E-state index in [2.05, 4.69) is 5.38 Å². The van der Waals surface area contributed by atoms with E-state index in [0.717, 1.165) is 32.1 Å². The Balaban J connectivity index is 1.85. The van der Waals surface area contributed by atoms with Gasteiger partial charge in [-0.15, -0.1) is 11.3 Å². The Morgan fingerprint density at radius 1 is 1.19 bits per heavy atom. The molecule has 4 aromatic rings. The van der Waals surface area contributed by atoms with Gasteiger partial charge in [0.1, 0.15) is 7.85 Å². The molecule has 0 atom stereocenters. The number of hydrogen-bond donors (Lipinski definition) is 1. The second-order valence-electron chi connectivity index (χ2n) is 6.15. The zero-order valence-corrected chi connectivity index (χ0v) is 15.8. The van der Waals surface area contributed by atoms with E-state index in [0.29, 0.717) is 22.1 Å². The van der Waals surface area contributed by atoms with Crippen LogP contribution in [0.25, 0.3) is 21.0 Å². The number of carbonyl (C=O) groups is 1. The van der Waals surface area contributed by atoms with E-state index in [9.17, 15) is 9.90 Å². The molecule has 1 N–H and O–H groups in total. The fourth-order valence-electron chi connectivity index (χ4n) is 3.27. The van der Waals surface area contributed by atoms with Gasteiger partial charge >= 0.3 is 5.97 Å². The number of aliphatic carboxylic acids is 1. The summed E-state index contributed by atoms with van der Waals surface area (Å²) in [4.78, 5) is 11.2. The average Bonchev–Trinajstić information content (AvgIpc) is 3.09. The van der Waals surface area contributed by atoms with Crippen molar-refractivity contribution < 1.29 is 9.90 Å². The average molecular weight is 400 g/mol. The van der Waals surface area contributed by atoms with Gasteiger partial charge in [0.2, 0.25) is 0 Å². The summed E-state index contributed by atoms with van der Waals surface area (Å²) in [5, 5.41) is 14.3. The number of thiophene rings is 1. The molecule has 7 heteroatoms. The maximum absolute atomic E-state index is 11.2. The maximum atomic E-state index is 11.2. The molecule has 0 bridgehead atoms. The molecular formula is C19H12BCl2NO2S. The quantitative estimate of drug-likeness (QED) is 0.508. The van der Waals surface area contributed by atoms with Crippen LogP contribution in [-0.2, 0) is 17.8 Å². The van der Waals surface area contributed by atoms with Gasteiger partial charge in [-0.3, -0.25) is 4.79 Å². The van der Waals surface area contributed by atoms with Crippen LogP contribution in [0.1, 0.15) is 11.1 Å². The topological polar surface area (TPSA) is 42.2 Å². The second-order valence-corrected chi connectivity index (χ2v) is 7.91. The molecule has 2 radical (unpaired) electrons. The highest BCUT2D eigenvalue weighted by molar-refractivity contribution is 7.17. The van der Waals surface area contributed by atoms with E-state index in [-0.39, 0.29) is 6.42 Å². The first-order valence-corrected chi connectivity index (χ1v) is 9.50. The summed E-state index contributed by atoms with van der Waals surface area (Å²) in [7, 11) is 5.94. The number of aromatic nitrogens is 1. The molecule has 0 saturated heterocycles. The Morgan fingerprint density at radius 2 is 2.00 bits per heavy atom. The van der Waals surface area contributed by atoms with Crippen molar-refractivity contribution in [3.63, 3.8) is 0 Å². The molecule has 0 unspecified atom stereocenters. The number of benzene rings is 2. The standard InChI is InChI=1S/C19H12BCl2NO2S/c20-12-1-2-14-10(3-18(24)25)7-23(16(14)4-12)8-11-9-26-17-6-13(21)5-15(22)19(11)17/h1-2,4-7,9H,3,8H2,(H,24,25). The lowest BCUT2D eigenvalue weighted by Crippen LogP contribution is -2.03. The van der Waals surface area contributed by atoms with Crippen molar-refractivity contribution in [2.75, 3.05) is 0 Å². The smallest absolute Gasteiger partial charge is 0.307 e. The van der Waals surface area contributed by atoms with Gasteiger partial charge in [0.15, 0.2) is 0 Å². The van der Waals surface area contributed by atoms with Crippen LogP contribution in [-0.4, -0.2) is 23.5 Å². The number of hydrogen-bond acceptors (Lipinski definition) is 2. The first kappa shape index (κ1) is 17.5. The number of fused-ring (bicyclic) bond motifs is 2. The van der Waals surface area contributed by atoms with Gasteiger partial charge in [0.25, 0.3) is 0 Å². The molecule has 128 valence electrons. The van der Waals surface area contributed by atoms with Crippen LogP contribution in [0.5, 0.6) is 0 Å². The summed E-state index contributed by atoms with van der Waals surface area (Å²) >= 11 is 14.1. The molecule has 2 aromatic heterocycles. The fourth-order valence-corrected chi connectivity index (χ4v) is 5.02. The van der Waals surface area contributed by atoms with E-state index < -0.39 is 5.97 Å². The number of halogens is 2. The lowest BCUT2D eigenvalue weighted by atomic mass is 9.94. The van der Waals surface area contributed by atoms with Crippen LogP contribution >= 0.6 is 34.5 Å². The van der Waals surface area contributed by atoms with Crippen molar-refractivity contribution in [1.82, 2.24) is 4.57 Å². The number of nitrogens with zero attached hydrogens (tertiary/aromatic N) is 1. The third-order valence-electron chi connectivity index (χ3n) is 4.34. The molecule has 0 fully saturated rings. The summed E-state index contributed by atoms with van der Waals surface area (Å²) in [5.41, 5.74) is 3.37. The molecule has 0 amide bonds. The van der Waals surface area contributed by atoms with Gasteiger partial charge in [-0.25, -0.2) is 0 Å². The molecule has 0 saturated carbocycles. The van der Waals surface area contributed by atoms with Crippen LogP contribution in [0.4, 0.5) is 0 Å². The molecule has 0 aliphatic carbocycles. The SMILES string of the molecule is [B]c1ccc2c(CC(=O)O)cn(Cc3csc4cc(Cl)cc(Cl)c34)c2c1. The number of carboxylic acids is 1. The van der Waals surface area contributed by atoms with Crippen molar-refractivity contribution in [2.45, 2.75) is 13.0 Å². The lowest BCUT2D eigenvalue weighted by molar-refractivity contribution is -0.136. The van der Waals surface area contributed by atoms with Crippen molar-refractivity contribution in [3.8, 4) is 0 Å². The van der Waals surface area contributed by atoms with Crippen molar-refractivity contribution in [1.29, 1.82) is 0 Å². The van der Waals surface area contributed by atoms with Crippen LogP contribution < -0.4 is 5.46 Å². The summed E-state index contributed by atoms with van der Waals surface area (Å²) in [5.74, 6) is -0.862. The Labute approximate surface area is 165 Å². The first-order valence-electron chi connectivity index (χ1n) is 7.86. The molecule has 3 nitrogen and oxygen atoms in total. The minimum absolute atomic E-state index is 0.0336. The normalized spacial score (nSPS) is 11.5. The van der Waals surface area contributed by atoms with E-state index in [1.807, 2.05) is 29.0 Å². The van der Waals surface area contributed by atoms with Crippen molar-refractivity contribution in [2.24, 2.45) is 0 Å². The summed E-state index contributed by atoms with van der Waals surface area (Å²) in [6, 6.07) is 9.17. The highest BCUT2D eigenvalue weighted by Crippen LogP contribution is 2.36. The minimum Gasteiger partial charge on any atom is -0.481 e. The first-order chi connectivity index (χ1) is 12.4. The molecule has 4 rings (SSSR count). The van der Waals surface area contributed by atoms with Crippen LogP contribution in [0.3, 0.4) is 0 Å². The molecule has 0 aliphatic rings. The van der Waals surface area contributed by atoms with Gasteiger partial charge in [0.05, 0.1) is 11.4 Å². The Bertz CT molecular complexity index is 1170. The second kappa shape index (κ2) is 6.65. The van der Waals surface area contributed by atoms with Gasteiger partial charge in [-0.2, -0.15) is 0 Å². The van der Waals surface area contributed by atoms with Crippen LogP contribution in [0, 0.1) is 0 Å². The van der Waals surface area contributed by atoms with Crippen molar-refractivity contribution >= 4 is 74.8 Å². The molecular weight excluding hydrogens is 388 g/mol. The van der Waals surface area contributed by atoms with Gasteiger partial charge in [0, 0.05) is 38.8 Å².